The summed E-state index contributed by atoms with van der Waals surface area (Å²) in [6, 6.07) is 6.16. The Morgan fingerprint density at radius 1 is 1.46 bits per heavy atom. The lowest BCUT2D eigenvalue weighted by molar-refractivity contribution is 0.0455. The average molecular weight is 195 g/mol. The molecule has 0 unspecified atom stereocenters. The molecular formula is C10H13NOS. The van der Waals surface area contributed by atoms with Gasteiger partial charge in [-0.15, -0.1) is 11.8 Å². The number of thioether (sulfide) groups is 1. The minimum absolute atomic E-state index is 0.601. The molecule has 0 bridgehead atoms. The molecule has 0 radical (unpaired) electrons. The summed E-state index contributed by atoms with van der Waals surface area (Å²) >= 11 is 1.82. The van der Waals surface area contributed by atoms with Gasteiger partial charge in [0, 0.05) is 10.6 Å². The predicted molar refractivity (Wildman–Crippen MR) is 56.1 cm³/mol. The number of hydrogen-bond donors (Lipinski definition) is 1. The molecule has 0 aromatic heterocycles. The summed E-state index contributed by atoms with van der Waals surface area (Å²) in [6.07, 6.45) is 0. The fourth-order valence-electron chi connectivity index (χ4n) is 1.22. The Morgan fingerprint density at radius 2 is 2.23 bits per heavy atom. The van der Waals surface area contributed by atoms with Crippen LogP contribution in [-0.2, 0) is 4.74 Å². The van der Waals surface area contributed by atoms with Gasteiger partial charge in [0.25, 0.3) is 0 Å². The second kappa shape index (κ2) is 3.60. The first-order valence-corrected chi connectivity index (χ1v) is 5.25. The van der Waals surface area contributed by atoms with Gasteiger partial charge in [-0.05, 0) is 18.6 Å². The summed E-state index contributed by atoms with van der Waals surface area (Å²) in [5.41, 5.74) is 8.02. The molecule has 0 aliphatic carbocycles. The van der Waals surface area contributed by atoms with Crippen molar-refractivity contribution in [3.63, 3.8) is 0 Å². The molecule has 1 heterocycles. The largest absolute Gasteiger partial charge is 0.398 e. The number of hydrogen-bond acceptors (Lipinski definition) is 3. The van der Waals surface area contributed by atoms with Gasteiger partial charge in [0.15, 0.2) is 0 Å². The normalized spacial score (nSPS) is 17.0. The second-order valence-electron chi connectivity index (χ2n) is 3.26. The predicted octanol–water partition coefficient (Wildman–Crippen LogP) is 2.07. The van der Waals surface area contributed by atoms with Gasteiger partial charge in [0.2, 0.25) is 0 Å². The number of nitrogens with two attached hydrogens (primary N) is 1. The van der Waals surface area contributed by atoms with E-state index in [9.17, 15) is 0 Å². The van der Waals surface area contributed by atoms with Crippen molar-refractivity contribution < 1.29 is 4.74 Å². The average Bonchev–Trinajstić information content (AvgIpc) is 2.04. The van der Waals surface area contributed by atoms with Gasteiger partial charge in [-0.1, -0.05) is 12.1 Å². The number of rotatable bonds is 2. The number of para-hydroxylation sites is 1. The molecule has 2 N–H and O–H groups in total. The van der Waals surface area contributed by atoms with Crippen LogP contribution >= 0.6 is 11.8 Å². The molecule has 1 fully saturated rings. The summed E-state index contributed by atoms with van der Waals surface area (Å²) in [5.74, 6) is 0. The zero-order chi connectivity index (χ0) is 9.26. The third-order valence-electron chi connectivity index (χ3n) is 2.19. The Labute approximate surface area is 82.5 Å². The van der Waals surface area contributed by atoms with Gasteiger partial charge in [-0.2, -0.15) is 0 Å². The molecule has 1 saturated heterocycles. The van der Waals surface area contributed by atoms with Gasteiger partial charge in [0.05, 0.1) is 18.5 Å². The van der Waals surface area contributed by atoms with Crippen LogP contribution in [0, 0.1) is 6.92 Å². The fourth-order valence-corrected chi connectivity index (χ4v) is 2.35. The van der Waals surface area contributed by atoms with Gasteiger partial charge in [-0.25, -0.2) is 0 Å². The summed E-state index contributed by atoms with van der Waals surface area (Å²) in [6.45, 7) is 3.76. The summed E-state index contributed by atoms with van der Waals surface area (Å²) < 4.78 is 5.12. The first kappa shape index (κ1) is 8.91. The van der Waals surface area contributed by atoms with Crippen LogP contribution in [-0.4, -0.2) is 18.5 Å². The van der Waals surface area contributed by atoms with E-state index in [-0.39, 0.29) is 0 Å². The third-order valence-corrected chi connectivity index (χ3v) is 3.40. The summed E-state index contributed by atoms with van der Waals surface area (Å²) in [7, 11) is 0. The molecule has 0 atom stereocenters. The third kappa shape index (κ3) is 1.81. The van der Waals surface area contributed by atoms with Crippen molar-refractivity contribution in [3.8, 4) is 0 Å². The standard InChI is InChI=1S/C10H13NOS/c1-7-3-2-4-9(10(7)11)13-8-5-12-6-8/h2-4,8H,5-6,11H2,1H3. The van der Waals surface area contributed by atoms with Crippen LogP contribution in [0.2, 0.25) is 0 Å². The van der Waals surface area contributed by atoms with E-state index >= 15 is 0 Å². The molecule has 1 aromatic rings. The van der Waals surface area contributed by atoms with Gasteiger partial charge in [0.1, 0.15) is 0 Å². The zero-order valence-corrected chi connectivity index (χ0v) is 8.43. The maximum atomic E-state index is 5.95. The van der Waals surface area contributed by atoms with E-state index in [0.717, 1.165) is 24.5 Å². The Hall–Kier alpha value is -0.670. The molecule has 0 spiro atoms. The van der Waals surface area contributed by atoms with Crippen molar-refractivity contribution in [2.24, 2.45) is 0 Å². The number of ether oxygens (including phenoxy) is 1. The van der Waals surface area contributed by atoms with Crippen molar-refractivity contribution in [1.82, 2.24) is 0 Å². The van der Waals surface area contributed by atoms with E-state index in [0.29, 0.717) is 5.25 Å². The van der Waals surface area contributed by atoms with Crippen molar-refractivity contribution in [2.45, 2.75) is 17.1 Å². The quantitative estimate of drug-likeness (QED) is 0.734. The minimum Gasteiger partial charge on any atom is -0.398 e. The van der Waals surface area contributed by atoms with Crippen LogP contribution < -0.4 is 5.73 Å². The van der Waals surface area contributed by atoms with Crippen molar-refractivity contribution in [1.29, 1.82) is 0 Å². The van der Waals surface area contributed by atoms with E-state index < -0.39 is 0 Å². The molecule has 1 aliphatic heterocycles. The van der Waals surface area contributed by atoms with Crippen molar-refractivity contribution in [2.75, 3.05) is 18.9 Å². The summed E-state index contributed by atoms with van der Waals surface area (Å²) in [5, 5.41) is 0.601. The molecule has 0 saturated carbocycles. The first-order valence-electron chi connectivity index (χ1n) is 4.37. The highest BCUT2D eigenvalue weighted by Crippen LogP contribution is 2.33. The molecule has 1 aromatic carbocycles. The van der Waals surface area contributed by atoms with E-state index in [1.165, 1.54) is 4.90 Å². The number of nitrogen functional groups attached to an aromatic ring is 1. The minimum atomic E-state index is 0.601. The topological polar surface area (TPSA) is 35.2 Å². The molecule has 0 amide bonds. The molecular weight excluding hydrogens is 182 g/mol. The molecule has 2 rings (SSSR count). The van der Waals surface area contributed by atoms with Crippen LogP contribution in [0.25, 0.3) is 0 Å². The first-order chi connectivity index (χ1) is 6.27. The Balaban J connectivity index is 2.14. The van der Waals surface area contributed by atoms with Crippen LogP contribution in [0.1, 0.15) is 5.56 Å². The van der Waals surface area contributed by atoms with E-state index in [1.807, 2.05) is 30.8 Å². The highest BCUT2D eigenvalue weighted by molar-refractivity contribution is 8.00. The molecule has 13 heavy (non-hydrogen) atoms. The van der Waals surface area contributed by atoms with Crippen LogP contribution in [0.4, 0.5) is 5.69 Å². The Morgan fingerprint density at radius 3 is 2.85 bits per heavy atom. The van der Waals surface area contributed by atoms with Crippen molar-refractivity contribution in [3.05, 3.63) is 23.8 Å². The molecule has 70 valence electrons. The Bertz CT molecular complexity index is 310. The van der Waals surface area contributed by atoms with E-state index in [4.69, 9.17) is 10.5 Å². The number of anilines is 1. The molecule has 1 aliphatic rings. The van der Waals surface area contributed by atoms with Crippen LogP contribution in [0.3, 0.4) is 0 Å². The molecule has 3 heteroatoms. The lowest BCUT2D eigenvalue weighted by Crippen LogP contribution is -2.30. The van der Waals surface area contributed by atoms with Gasteiger partial charge < -0.3 is 10.5 Å². The van der Waals surface area contributed by atoms with Gasteiger partial charge in [-0.3, -0.25) is 0 Å². The lowest BCUT2D eigenvalue weighted by atomic mass is 10.2. The maximum absolute atomic E-state index is 5.95. The monoisotopic (exact) mass is 195 g/mol. The Kier molecular flexibility index (Phi) is 2.47. The molecule has 2 nitrogen and oxygen atoms in total. The smallest absolute Gasteiger partial charge is 0.0611 e. The highest BCUT2D eigenvalue weighted by atomic mass is 32.2. The van der Waals surface area contributed by atoms with Gasteiger partial charge >= 0.3 is 0 Å². The van der Waals surface area contributed by atoms with Crippen LogP contribution in [0.5, 0.6) is 0 Å². The second-order valence-corrected chi connectivity index (χ2v) is 4.61. The zero-order valence-electron chi connectivity index (χ0n) is 7.62. The highest BCUT2D eigenvalue weighted by Gasteiger charge is 2.20. The summed E-state index contributed by atoms with van der Waals surface area (Å²) in [4.78, 5) is 1.19. The fraction of sp³-hybridized carbons (Fsp3) is 0.400. The number of benzene rings is 1. The van der Waals surface area contributed by atoms with Crippen molar-refractivity contribution >= 4 is 17.4 Å². The maximum Gasteiger partial charge on any atom is 0.0611 e. The van der Waals surface area contributed by atoms with E-state index in [1.54, 1.807) is 0 Å². The van der Waals surface area contributed by atoms with Crippen LogP contribution in [0.15, 0.2) is 23.1 Å². The lowest BCUT2D eigenvalue weighted by Gasteiger charge is -2.25. The van der Waals surface area contributed by atoms with E-state index in [2.05, 4.69) is 6.07 Å². The SMILES string of the molecule is Cc1cccc(SC2COC2)c1N. The number of aryl methyl sites for hydroxylation is 1.